The van der Waals surface area contributed by atoms with E-state index in [0.717, 1.165) is 48.5 Å². The first-order chi connectivity index (χ1) is 9.70. The van der Waals surface area contributed by atoms with Gasteiger partial charge in [0.25, 0.3) is 0 Å². The predicted molar refractivity (Wildman–Crippen MR) is 82.3 cm³/mol. The van der Waals surface area contributed by atoms with Crippen molar-refractivity contribution in [2.45, 2.75) is 18.9 Å². The minimum atomic E-state index is 0.398. The summed E-state index contributed by atoms with van der Waals surface area (Å²) in [7, 11) is 2.16. The van der Waals surface area contributed by atoms with Gasteiger partial charge in [-0.3, -0.25) is 4.90 Å². The molecule has 3 rings (SSSR count). The molecule has 4 nitrogen and oxygen atoms in total. The van der Waals surface area contributed by atoms with E-state index in [1.54, 1.807) is 0 Å². The number of fused-ring (bicyclic) bond motifs is 1. The molecule has 1 aromatic rings. The van der Waals surface area contributed by atoms with Crippen molar-refractivity contribution in [2.24, 2.45) is 11.7 Å². The maximum atomic E-state index is 5.85. The second kappa shape index (κ2) is 5.92. The van der Waals surface area contributed by atoms with Gasteiger partial charge in [0.05, 0.1) is 17.7 Å². The molecule has 110 valence electrons. The summed E-state index contributed by atoms with van der Waals surface area (Å²) in [6, 6.07) is 4.58. The van der Waals surface area contributed by atoms with Gasteiger partial charge in [0.15, 0.2) is 11.5 Å². The van der Waals surface area contributed by atoms with Crippen LogP contribution in [0.1, 0.15) is 24.4 Å². The molecule has 2 aliphatic rings. The van der Waals surface area contributed by atoms with Gasteiger partial charge in [-0.05, 0) is 53.5 Å². The Balaban J connectivity index is 1.93. The topological polar surface area (TPSA) is 47.7 Å². The zero-order valence-electron chi connectivity index (χ0n) is 11.8. The summed E-state index contributed by atoms with van der Waals surface area (Å²) in [6.07, 6.45) is 2.03. The minimum Gasteiger partial charge on any atom is -0.490 e. The van der Waals surface area contributed by atoms with Gasteiger partial charge in [-0.15, -0.1) is 0 Å². The van der Waals surface area contributed by atoms with Gasteiger partial charge in [-0.25, -0.2) is 0 Å². The third-order valence-electron chi connectivity index (χ3n) is 4.21. The maximum Gasteiger partial charge on any atom is 0.175 e. The zero-order chi connectivity index (χ0) is 14.1. The molecule has 2 atom stereocenters. The van der Waals surface area contributed by atoms with E-state index in [4.69, 9.17) is 15.2 Å². The van der Waals surface area contributed by atoms with Gasteiger partial charge in [0, 0.05) is 19.0 Å². The highest BCUT2D eigenvalue weighted by Gasteiger charge is 2.32. The molecule has 0 radical (unpaired) electrons. The van der Waals surface area contributed by atoms with Crippen molar-refractivity contribution in [3.8, 4) is 11.5 Å². The largest absolute Gasteiger partial charge is 0.490 e. The van der Waals surface area contributed by atoms with E-state index < -0.39 is 0 Å². The summed E-state index contributed by atoms with van der Waals surface area (Å²) in [6.45, 7) is 3.24. The van der Waals surface area contributed by atoms with Gasteiger partial charge >= 0.3 is 0 Å². The fraction of sp³-hybridized carbons (Fsp3) is 0.600. The molecule has 20 heavy (non-hydrogen) atoms. The highest BCUT2D eigenvalue weighted by atomic mass is 79.9. The Morgan fingerprint density at radius 3 is 2.90 bits per heavy atom. The molecule has 0 amide bonds. The van der Waals surface area contributed by atoms with Crippen LogP contribution in [0.5, 0.6) is 11.5 Å². The molecule has 0 saturated carbocycles. The summed E-state index contributed by atoms with van der Waals surface area (Å²) in [5.41, 5.74) is 7.09. The molecular formula is C15H21BrN2O2. The second-order valence-corrected chi connectivity index (χ2v) is 6.43. The first-order valence-corrected chi connectivity index (χ1v) is 7.98. The first-order valence-electron chi connectivity index (χ1n) is 7.19. The molecule has 0 spiro atoms. The lowest BCUT2D eigenvalue weighted by atomic mass is 9.99. The van der Waals surface area contributed by atoms with Crippen molar-refractivity contribution in [3.05, 3.63) is 22.2 Å². The highest BCUT2D eigenvalue weighted by Crippen LogP contribution is 2.45. The number of nitrogens with two attached hydrogens (primary N) is 1. The van der Waals surface area contributed by atoms with Crippen LogP contribution in [-0.4, -0.2) is 38.3 Å². The molecule has 2 aliphatic heterocycles. The number of benzene rings is 1. The van der Waals surface area contributed by atoms with E-state index in [0.29, 0.717) is 18.6 Å². The predicted octanol–water partition coefficient (Wildman–Crippen LogP) is 2.56. The molecule has 2 unspecified atom stereocenters. The van der Waals surface area contributed by atoms with Gasteiger partial charge in [0.1, 0.15) is 0 Å². The van der Waals surface area contributed by atoms with E-state index in [1.165, 1.54) is 5.56 Å². The number of rotatable bonds is 2. The van der Waals surface area contributed by atoms with Crippen molar-refractivity contribution in [3.63, 3.8) is 0 Å². The molecule has 2 N–H and O–H groups in total. The average molecular weight is 341 g/mol. The molecule has 0 aromatic heterocycles. The molecule has 1 saturated heterocycles. The molecule has 0 aliphatic carbocycles. The summed E-state index contributed by atoms with van der Waals surface area (Å²) >= 11 is 3.72. The monoisotopic (exact) mass is 340 g/mol. The van der Waals surface area contributed by atoms with Crippen molar-refractivity contribution >= 4 is 15.9 Å². The Labute approximate surface area is 128 Å². The first kappa shape index (κ1) is 14.2. The Bertz CT molecular complexity index is 495. The van der Waals surface area contributed by atoms with Crippen molar-refractivity contribution in [2.75, 3.05) is 33.4 Å². The van der Waals surface area contributed by atoms with Crippen LogP contribution in [-0.2, 0) is 0 Å². The fourth-order valence-electron chi connectivity index (χ4n) is 3.11. The van der Waals surface area contributed by atoms with Crippen LogP contribution in [0.25, 0.3) is 0 Å². The molecule has 1 aromatic carbocycles. The smallest absolute Gasteiger partial charge is 0.175 e. The van der Waals surface area contributed by atoms with E-state index in [-0.39, 0.29) is 0 Å². The normalized spacial score (nSPS) is 26.6. The van der Waals surface area contributed by atoms with Crippen LogP contribution in [0.4, 0.5) is 0 Å². The summed E-state index contributed by atoms with van der Waals surface area (Å²) in [5, 5.41) is 0. The number of halogens is 1. The Kier molecular flexibility index (Phi) is 4.19. The third-order valence-corrected chi connectivity index (χ3v) is 5.03. The summed E-state index contributed by atoms with van der Waals surface area (Å²) < 4.78 is 12.6. The maximum absolute atomic E-state index is 5.85. The highest BCUT2D eigenvalue weighted by molar-refractivity contribution is 9.10. The lowest BCUT2D eigenvalue weighted by Gasteiger charge is -2.22. The van der Waals surface area contributed by atoms with E-state index in [9.17, 15) is 0 Å². The minimum absolute atomic E-state index is 0.398. The van der Waals surface area contributed by atoms with E-state index in [1.807, 2.05) is 6.07 Å². The third kappa shape index (κ3) is 2.54. The van der Waals surface area contributed by atoms with Crippen molar-refractivity contribution in [1.82, 2.24) is 4.90 Å². The SMILES string of the molecule is CN1CC(CN)CC1c1ccc2c(c1Br)OCCCO2. The number of nitrogens with zero attached hydrogens (tertiary/aromatic N) is 1. The van der Waals surface area contributed by atoms with Crippen molar-refractivity contribution in [1.29, 1.82) is 0 Å². The molecule has 1 fully saturated rings. The van der Waals surface area contributed by atoms with Crippen LogP contribution in [0.3, 0.4) is 0 Å². The number of likely N-dealkylation sites (tertiary alicyclic amines) is 1. The van der Waals surface area contributed by atoms with E-state index >= 15 is 0 Å². The molecule has 0 bridgehead atoms. The Morgan fingerprint density at radius 1 is 1.35 bits per heavy atom. The van der Waals surface area contributed by atoms with Crippen molar-refractivity contribution < 1.29 is 9.47 Å². The fourth-order valence-corrected chi connectivity index (χ4v) is 3.82. The average Bonchev–Trinajstić information content (AvgIpc) is 2.67. The lowest BCUT2D eigenvalue weighted by Crippen LogP contribution is -2.20. The van der Waals surface area contributed by atoms with Crippen LogP contribution in [0.15, 0.2) is 16.6 Å². The van der Waals surface area contributed by atoms with Gasteiger partial charge in [0.2, 0.25) is 0 Å². The Morgan fingerprint density at radius 2 is 2.15 bits per heavy atom. The zero-order valence-corrected chi connectivity index (χ0v) is 13.4. The molecular weight excluding hydrogens is 320 g/mol. The quantitative estimate of drug-likeness (QED) is 0.898. The number of hydrogen-bond acceptors (Lipinski definition) is 4. The van der Waals surface area contributed by atoms with E-state index in [2.05, 4.69) is 33.9 Å². The number of ether oxygens (including phenoxy) is 2. The van der Waals surface area contributed by atoms with Crippen LogP contribution in [0, 0.1) is 5.92 Å². The van der Waals surface area contributed by atoms with Gasteiger partial charge in [-0.2, -0.15) is 0 Å². The Hall–Kier alpha value is -0.780. The summed E-state index contributed by atoms with van der Waals surface area (Å²) in [5.74, 6) is 2.27. The lowest BCUT2D eigenvalue weighted by molar-refractivity contribution is 0.295. The van der Waals surface area contributed by atoms with Gasteiger partial charge in [-0.1, -0.05) is 6.07 Å². The standard InChI is InChI=1S/C15H21BrN2O2/c1-18-9-10(8-17)7-12(18)11-3-4-13-15(14(11)16)20-6-2-5-19-13/h3-4,10,12H,2,5-9,17H2,1H3. The van der Waals surface area contributed by atoms with Crippen LogP contribution in [0.2, 0.25) is 0 Å². The molecule has 5 heteroatoms. The number of hydrogen-bond donors (Lipinski definition) is 1. The van der Waals surface area contributed by atoms with Gasteiger partial charge < -0.3 is 15.2 Å². The van der Waals surface area contributed by atoms with Crippen LogP contribution < -0.4 is 15.2 Å². The van der Waals surface area contributed by atoms with Crippen LogP contribution >= 0.6 is 15.9 Å². The second-order valence-electron chi connectivity index (χ2n) is 5.64. The molecule has 2 heterocycles. The summed E-state index contributed by atoms with van der Waals surface area (Å²) in [4.78, 5) is 2.38.